The molecule has 1 aromatic heterocycles. The molecule has 0 aromatic carbocycles. The number of nitrogens with one attached hydrogen (secondary N) is 1. The van der Waals surface area contributed by atoms with Crippen LogP contribution in [0.5, 0.6) is 0 Å². The molecule has 15 heavy (non-hydrogen) atoms. The molecule has 1 aromatic rings. The van der Waals surface area contributed by atoms with Crippen LogP contribution >= 0.6 is 15.9 Å². The minimum atomic E-state index is 0.104. The quantitative estimate of drug-likeness (QED) is 0.896. The first-order valence-corrected chi connectivity index (χ1v) is 5.98. The first kappa shape index (κ1) is 10.6. The van der Waals surface area contributed by atoms with Crippen molar-refractivity contribution in [1.29, 1.82) is 0 Å². The number of amides is 1. The summed E-state index contributed by atoms with van der Waals surface area (Å²) in [6.45, 7) is 0. The number of halogens is 1. The number of carbonyl (C=O) groups is 1. The summed E-state index contributed by atoms with van der Waals surface area (Å²) in [5.41, 5.74) is 0. The maximum absolute atomic E-state index is 11.8. The van der Waals surface area contributed by atoms with E-state index in [9.17, 15) is 4.79 Å². The second-order valence-electron chi connectivity index (χ2n) is 3.80. The lowest BCUT2D eigenvalue weighted by Gasteiger charge is -2.10. The zero-order valence-corrected chi connectivity index (χ0v) is 9.96. The Morgan fingerprint density at radius 2 is 2.20 bits per heavy atom. The van der Waals surface area contributed by atoms with E-state index >= 15 is 0 Å². The molecular formula is C11H13BrN2O. The van der Waals surface area contributed by atoms with Crippen LogP contribution in [0.2, 0.25) is 0 Å². The first-order chi connectivity index (χ1) is 7.27. The van der Waals surface area contributed by atoms with E-state index in [1.165, 1.54) is 12.8 Å². The van der Waals surface area contributed by atoms with Gasteiger partial charge in [-0.1, -0.05) is 12.8 Å². The van der Waals surface area contributed by atoms with Gasteiger partial charge >= 0.3 is 0 Å². The summed E-state index contributed by atoms with van der Waals surface area (Å²) < 4.78 is 0.830. The Kier molecular flexibility index (Phi) is 3.36. The van der Waals surface area contributed by atoms with Crippen LogP contribution in [0, 0.1) is 5.92 Å². The van der Waals surface area contributed by atoms with Gasteiger partial charge in [0.15, 0.2) is 0 Å². The third-order valence-electron chi connectivity index (χ3n) is 2.73. The Labute approximate surface area is 97.4 Å². The lowest BCUT2D eigenvalue weighted by Crippen LogP contribution is -2.21. The molecule has 4 heteroatoms. The Morgan fingerprint density at radius 1 is 1.47 bits per heavy atom. The maximum atomic E-state index is 11.8. The molecule has 0 atom stereocenters. The van der Waals surface area contributed by atoms with Crippen LogP contribution in [-0.2, 0) is 4.79 Å². The molecule has 0 spiro atoms. The van der Waals surface area contributed by atoms with Gasteiger partial charge in [0.25, 0.3) is 0 Å². The Hall–Kier alpha value is -0.900. The van der Waals surface area contributed by atoms with Gasteiger partial charge in [0.2, 0.25) is 5.91 Å². The molecule has 1 fully saturated rings. The Morgan fingerprint density at radius 3 is 2.87 bits per heavy atom. The average molecular weight is 269 g/mol. The lowest BCUT2D eigenvalue weighted by molar-refractivity contribution is -0.119. The standard InChI is InChI=1S/C11H13BrN2O/c12-9-6-3-7-13-10(9)14-11(15)8-4-1-2-5-8/h3,6-8H,1-2,4-5H2,(H,13,14,15). The van der Waals surface area contributed by atoms with Crippen LogP contribution in [0.3, 0.4) is 0 Å². The summed E-state index contributed by atoms with van der Waals surface area (Å²) in [7, 11) is 0. The molecule has 3 nitrogen and oxygen atoms in total. The van der Waals surface area contributed by atoms with Gasteiger partial charge in [-0.15, -0.1) is 0 Å². The number of carbonyl (C=O) groups excluding carboxylic acids is 1. The fourth-order valence-electron chi connectivity index (χ4n) is 1.88. The molecule has 0 bridgehead atoms. The van der Waals surface area contributed by atoms with Crippen LogP contribution in [0.25, 0.3) is 0 Å². The van der Waals surface area contributed by atoms with Crippen molar-refractivity contribution < 1.29 is 4.79 Å². The van der Waals surface area contributed by atoms with Crippen molar-refractivity contribution in [3.05, 3.63) is 22.8 Å². The van der Waals surface area contributed by atoms with Gasteiger partial charge in [-0.25, -0.2) is 4.98 Å². The highest BCUT2D eigenvalue weighted by Gasteiger charge is 2.23. The van der Waals surface area contributed by atoms with E-state index in [1.54, 1.807) is 6.20 Å². The van der Waals surface area contributed by atoms with Crippen LogP contribution in [-0.4, -0.2) is 10.9 Å². The normalized spacial score (nSPS) is 16.6. The van der Waals surface area contributed by atoms with Crippen molar-refractivity contribution in [3.63, 3.8) is 0 Å². The van der Waals surface area contributed by atoms with Crippen molar-refractivity contribution >= 4 is 27.7 Å². The number of aromatic nitrogens is 1. The minimum absolute atomic E-state index is 0.104. The highest BCUT2D eigenvalue weighted by molar-refractivity contribution is 9.10. The van der Waals surface area contributed by atoms with Crippen LogP contribution < -0.4 is 5.32 Å². The molecule has 0 unspecified atom stereocenters. The molecule has 1 heterocycles. The molecule has 1 aliphatic carbocycles. The number of anilines is 1. The SMILES string of the molecule is O=C(Nc1ncccc1Br)C1CCCC1. The molecule has 2 rings (SSSR count). The van der Waals surface area contributed by atoms with E-state index in [1.807, 2.05) is 12.1 Å². The zero-order valence-electron chi connectivity index (χ0n) is 8.37. The number of nitrogens with zero attached hydrogens (tertiary/aromatic N) is 1. The molecule has 1 amide bonds. The highest BCUT2D eigenvalue weighted by Crippen LogP contribution is 2.27. The van der Waals surface area contributed by atoms with E-state index in [-0.39, 0.29) is 11.8 Å². The molecule has 1 saturated carbocycles. The topological polar surface area (TPSA) is 42.0 Å². The third kappa shape index (κ3) is 2.56. The Balaban J connectivity index is 2.02. The van der Waals surface area contributed by atoms with Crippen molar-refractivity contribution in [2.45, 2.75) is 25.7 Å². The van der Waals surface area contributed by atoms with Gasteiger partial charge in [0.05, 0.1) is 4.47 Å². The molecule has 1 aliphatic rings. The van der Waals surface area contributed by atoms with Gasteiger partial charge < -0.3 is 5.32 Å². The molecule has 0 saturated heterocycles. The fraction of sp³-hybridized carbons (Fsp3) is 0.455. The lowest BCUT2D eigenvalue weighted by atomic mass is 10.1. The molecule has 0 aliphatic heterocycles. The molecule has 80 valence electrons. The Bertz CT molecular complexity index is 361. The smallest absolute Gasteiger partial charge is 0.228 e. The first-order valence-electron chi connectivity index (χ1n) is 5.19. The molecule has 1 N–H and O–H groups in total. The van der Waals surface area contributed by atoms with Crippen LogP contribution in [0.4, 0.5) is 5.82 Å². The fourth-order valence-corrected chi connectivity index (χ4v) is 2.24. The predicted molar refractivity (Wildman–Crippen MR) is 62.5 cm³/mol. The van der Waals surface area contributed by atoms with E-state index in [4.69, 9.17) is 0 Å². The van der Waals surface area contributed by atoms with E-state index < -0.39 is 0 Å². The number of pyridine rings is 1. The third-order valence-corrected chi connectivity index (χ3v) is 3.37. The second-order valence-corrected chi connectivity index (χ2v) is 4.66. The number of rotatable bonds is 2. The van der Waals surface area contributed by atoms with Crippen LogP contribution in [0.1, 0.15) is 25.7 Å². The predicted octanol–water partition coefficient (Wildman–Crippen LogP) is 2.97. The maximum Gasteiger partial charge on any atom is 0.228 e. The largest absolute Gasteiger partial charge is 0.310 e. The van der Waals surface area contributed by atoms with Gasteiger partial charge in [-0.3, -0.25) is 4.79 Å². The summed E-state index contributed by atoms with van der Waals surface area (Å²) in [6, 6.07) is 3.70. The van der Waals surface area contributed by atoms with Crippen molar-refractivity contribution in [2.75, 3.05) is 5.32 Å². The minimum Gasteiger partial charge on any atom is -0.310 e. The van der Waals surface area contributed by atoms with Gasteiger partial charge in [0, 0.05) is 12.1 Å². The van der Waals surface area contributed by atoms with E-state index in [0.717, 1.165) is 17.3 Å². The van der Waals surface area contributed by atoms with Gasteiger partial charge in [-0.2, -0.15) is 0 Å². The zero-order chi connectivity index (χ0) is 10.7. The summed E-state index contributed by atoms with van der Waals surface area (Å²) >= 11 is 3.36. The summed E-state index contributed by atoms with van der Waals surface area (Å²) in [5, 5.41) is 2.86. The van der Waals surface area contributed by atoms with Crippen molar-refractivity contribution in [3.8, 4) is 0 Å². The van der Waals surface area contributed by atoms with Gasteiger partial charge in [-0.05, 0) is 40.9 Å². The average Bonchev–Trinajstić information content (AvgIpc) is 2.74. The summed E-state index contributed by atoms with van der Waals surface area (Å²) in [4.78, 5) is 15.9. The van der Waals surface area contributed by atoms with E-state index in [2.05, 4.69) is 26.2 Å². The van der Waals surface area contributed by atoms with Gasteiger partial charge in [0.1, 0.15) is 5.82 Å². The monoisotopic (exact) mass is 268 g/mol. The molecule has 0 radical (unpaired) electrons. The highest BCUT2D eigenvalue weighted by atomic mass is 79.9. The summed E-state index contributed by atoms with van der Waals surface area (Å²) in [5.74, 6) is 0.903. The molecular weight excluding hydrogens is 256 g/mol. The number of hydrogen-bond acceptors (Lipinski definition) is 2. The number of hydrogen-bond donors (Lipinski definition) is 1. The second kappa shape index (κ2) is 4.75. The van der Waals surface area contributed by atoms with Crippen molar-refractivity contribution in [2.24, 2.45) is 5.92 Å². The van der Waals surface area contributed by atoms with Crippen LogP contribution in [0.15, 0.2) is 22.8 Å². The summed E-state index contributed by atoms with van der Waals surface area (Å²) in [6.07, 6.45) is 6.03. The van der Waals surface area contributed by atoms with Crippen molar-refractivity contribution in [1.82, 2.24) is 4.98 Å². The van der Waals surface area contributed by atoms with E-state index in [0.29, 0.717) is 5.82 Å².